The minimum atomic E-state index is 0.484. The first kappa shape index (κ1) is 10.7. The van der Waals surface area contributed by atoms with E-state index in [-0.39, 0.29) is 0 Å². The van der Waals surface area contributed by atoms with Crippen molar-refractivity contribution in [1.29, 1.82) is 0 Å². The van der Waals surface area contributed by atoms with Gasteiger partial charge in [-0.2, -0.15) is 0 Å². The molecule has 0 aromatic carbocycles. The summed E-state index contributed by atoms with van der Waals surface area (Å²) in [6.07, 6.45) is 8.03. The lowest BCUT2D eigenvalue weighted by Gasteiger charge is -2.09. The van der Waals surface area contributed by atoms with Gasteiger partial charge >= 0.3 is 0 Å². The number of ether oxygens (including phenoxy) is 1. The Morgan fingerprint density at radius 2 is 2.00 bits per heavy atom. The molecule has 0 radical (unpaired) electrons. The van der Waals surface area contributed by atoms with Gasteiger partial charge in [-0.05, 0) is 25.7 Å². The van der Waals surface area contributed by atoms with Crippen molar-refractivity contribution in [3.8, 4) is 0 Å². The Hall–Kier alpha value is -0.770. The predicted octanol–water partition coefficient (Wildman–Crippen LogP) is 1.01. The molecule has 0 atom stereocenters. The molecule has 4 heteroatoms. The number of aliphatic imine (C=N–C) groups is 1. The van der Waals surface area contributed by atoms with Gasteiger partial charge in [0.2, 0.25) is 0 Å². The molecular formula is C11H21N3O. The van der Waals surface area contributed by atoms with Crippen LogP contribution in [-0.4, -0.2) is 31.3 Å². The van der Waals surface area contributed by atoms with Crippen molar-refractivity contribution in [3.63, 3.8) is 0 Å². The van der Waals surface area contributed by atoms with Gasteiger partial charge in [0.15, 0.2) is 5.96 Å². The van der Waals surface area contributed by atoms with Gasteiger partial charge in [0, 0.05) is 6.04 Å². The Balaban J connectivity index is 1.52. The zero-order chi connectivity index (χ0) is 10.5. The molecule has 0 amide bonds. The largest absolute Gasteiger partial charge is 0.376 e. The monoisotopic (exact) mass is 211 g/mol. The number of nitrogens with zero attached hydrogens (tertiary/aromatic N) is 1. The van der Waals surface area contributed by atoms with Gasteiger partial charge in [0.05, 0.1) is 19.3 Å². The van der Waals surface area contributed by atoms with Crippen molar-refractivity contribution in [2.24, 2.45) is 10.7 Å². The van der Waals surface area contributed by atoms with Gasteiger partial charge in [-0.1, -0.05) is 12.8 Å². The summed E-state index contributed by atoms with van der Waals surface area (Å²) in [5, 5.41) is 3.15. The van der Waals surface area contributed by atoms with E-state index >= 15 is 0 Å². The molecular weight excluding hydrogens is 190 g/mol. The molecule has 15 heavy (non-hydrogen) atoms. The minimum absolute atomic E-state index is 0.484. The summed E-state index contributed by atoms with van der Waals surface area (Å²) >= 11 is 0. The quantitative estimate of drug-likeness (QED) is 0.405. The van der Waals surface area contributed by atoms with Crippen molar-refractivity contribution in [3.05, 3.63) is 0 Å². The molecule has 0 saturated heterocycles. The molecule has 0 bridgehead atoms. The fourth-order valence-corrected chi connectivity index (χ4v) is 1.92. The van der Waals surface area contributed by atoms with Crippen LogP contribution in [0.25, 0.3) is 0 Å². The van der Waals surface area contributed by atoms with Crippen LogP contribution in [0.4, 0.5) is 0 Å². The molecule has 4 nitrogen and oxygen atoms in total. The van der Waals surface area contributed by atoms with Crippen LogP contribution in [0.3, 0.4) is 0 Å². The summed E-state index contributed by atoms with van der Waals surface area (Å²) in [6, 6.07) is 0.588. The van der Waals surface area contributed by atoms with E-state index in [0.29, 0.717) is 31.3 Å². The summed E-state index contributed by atoms with van der Waals surface area (Å²) in [4.78, 5) is 4.22. The highest BCUT2D eigenvalue weighted by Gasteiger charge is 2.21. The van der Waals surface area contributed by atoms with E-state index in [4.69, 9.17) is 10.5 Å². The van der Waals surface area contributed by atoms with Crippen molar-refractivity contribution < 1.29 is 4.74 Å². The van der Waals surface area contributed by atoms with Crippen LogP contribution in [0.1, 0.15) is 38.5 Å². The molecule has 86 valence electrons. The Kier molecular flexibility index (Phi) is 3.83. The molecule has 2 fully saturated rings. The normalized spacial score (nSPS) is 23.3. The van der Waals surface area contributed by atoms with E-state index in [1.54, 1.807) is 0 Å². The second-order valence-corrected chi connectivity index (χ2v) is 4.46. The first-order chi connectivity index (χ1) is 7.34. The summed E-state index contributed by atoms with van der Waals surface area (Å²) in [5.74, 6) is 0.576. The van der Waals surface area contributed by atoms with E-state index in [2.05, 4.69) is 10.3 Å². The topological polar surface area (TPSA) is 59.6 Å². The van der Waals surface area contributed by atoms with Crippen LogP contribution in [0.5, 0.6) is 0 Å². The molecule has 0 heterocycles. The molecule has 2 rings (SSSR count). The first-order valence-corrected chi connectivity index (χ1v) is 6.02. The lowest BCUT2D eigenvalue weighted by Crippen LogP contribution is -2.33. The van der Waals surface area contributed by atoms with Gasteiger partial charge < -0.3 is 15.8 Å². The Morgan fingerprint density at radius 1 is 1.27 bits per heavy atom. The maximum atomic E-state index is 5.69. The lowest BCUT2D eigenvalue weighted by molar-refractivity contribution is 0.0643. The third-order valence-electron chi connectivity index (χ3n) is 2.96. The van der Waals surface area contributed by atoms with E-state index in [1.807, 2.05) is 0 Å². The van der Waals surface area contributed by atoms with Crippen molar-refractivity contribution in [2.45, 2.75) is 50.7 Å². The Bertz CT molecular complexity index is 220. The van der Waals surface area contributed by atoms with Crippen molar-refractivity contribution in [2.75, 3.05) is 13.2 Å². The van der Waals surface area contributed by atoms with E-state index in [1.165, 1.54) is 38.5 Å². The highest BCUT2D eigenvalue weighted by atomic mass is 16.5. The number of hydrogen-bond acceptors (Lipinski definition) is 2. The van der Waals surface area contributed by atoms with E-state index < -0.39 is 0 Å². The number of nitrogens with one attached hydrogen (secondary N) is 1. The molecule has 0 aromatic heterocycles. The highest BCUT2D eigenvalue weighted by Crippen LogP contribution is 2.20. The number of nitrogens with two attached hydrogens (primary N) is 1. The SMILES string of the molecule is NC(=NCCOC1CCCC1)NC1CC1. The average Bonchev–Trinajstić information content (AvgIpc) is 2.87. The zero-order valence-electron chi connectivity index (χ0n) is 9.24. The predicted molar refractivity (Wildman–Crippen MR) is 60.9 cm³/mol. The molecule has 0 aliphatic heterocycles. The summed E-state index contributed by atoms with van der Waals surface area (Å²) in [7, 11) is 0. The molecule has 3 N–H and O–H groups in total. The summed E-state index contributed by atoms with van der Waals surface area (Å²) in [6.45, 7) is 1.39. The van der Waals surface area contributed by atoms with Crippen LogP contribution < -0.4 is 11.1 Å². The molecule has 0 unspecified atom stereocenters. The first-order valence-electron chi connectivity index (χ1n) is 6.02. The Morgan fingerprint density at radius 3 is 2.67 bits per heavy atom. The standard InChI is InChI=1S/C11H21N3O/c12-11(14-9-5-6-9)13-7-8-15-10-3-1-2-4-10/h9-10H,1-8H2,(H3,12,13,14). The highest BCUT2D eigenvalue weighted by molar-refractivity contribution is 5.78. The third-order valence-corrected chi connectivity index (χ3v) is 2.96. The van der Waals surface area contributed by atoms with Crippen LogP contribution in [0, 0.1) is 0 Å². The molecule has 2 saturated carbocycles. The van der Waals surface area contributed by atoms with E-state index in [9.17, 15) is 0 Å². The second kappa shape index (κ2) is 5.35. The van der Waals surface area contributed by atoms with Gasteiger partial charge in [0.1, 0.15) is 0 Å². The van der Waals surface area contributed by atoms with Gasteiger partial charge in [-0.15, -0.1) is 0 Å². The van der Waals surface area contributed by atoms with Crippen molar-refractivity contribution in [1.82, 2.24) is 5.32 Å². The summed E-state index contributed by atoms with van der Waals surface area (Å²) in [5.41, 5.74) is 5.69. The fourth-order valence-electron chi connectivity index (χ4n) is 1.92. The fraction of sp³-hybridized carbons (Fsp3) is 0.909. The van der Waals surface area contributed by atoms with E-state index in [0.717, 1.165) is 0 Å². The molecule has 2 aliphatic carbocycles. The van der Waals surface area contributed by atoms with Gasteiger partial charge in [0.25, 0.3) is 0 Å². The van der Waals surface area contributed by atoms with Crippen LogP contribution in [-0.2, 0) is 4.74 Å². The smallest absolute Gasteiger partial charge is 0.188 e. The molecule has 0 spiro atoms. The number of guanidine groups is 1. The molecule has 2 aliphatic rings. The minimum Gasteiger partial charge on any atom is -0.376 e. The van der Waals surface area contributed by atoms with Crippen LogP contribution >= 0.6 is 0 Å². The van der Waals surface area contributed by atoms with Gasteiger partial charge in [-0.25, -0.2) is 0 Å². The third kappa shape index (κ3) is 4.08. The molecule has 0 aromatic rings. The van der Waals surface area contributed by atoms with Gasteiger partial charge in [-0.3, -0.25) is 4.99 Å². The number of hydrogen-bond donors (Lipinski definition) is 2. The lowest BCUT2D eigenvalue weighted by atomic mass is 10.3. The average molecular weight is 211 g/mol. The maximum absolute atomic E-state index is 5.69. The Labute approximate surface area is 91.3 Å². The van der Waals surface area contributed by atoms with Crippen LogP contribution in [0.2, 0.25) is 0 Å². The maximum Gasteiger partial charge on any atom is 0.188 e. The second-order valence-electron chi connectivity index (χ2n) is 4.46. The van der Waals surface area contributed by atoms with Crippen LogP contribution in [0.15, 0.2) is 4.99 Å². The van der Waals surface area contributed by atoms with Crippen molar-refractivity contribution >= 4 is 5.96 Å². The number of rotatable bonds is 5. The summed E-state index contributed by atoms with van der Waals surface area (Å²) < 4.78 is 5.68. The zero-order valence-corrected chi connectivity index (χ0v) is 9.24.